The fourth-order valence-electron chi connectivity index (χ4n) is 3.68. The number of para-hydroxylation sites is 2. The highest BCUT2D eigenvalue weighted by atomic mass is 16.5. The first-order chi connectivity index (χ1) is 16.1. The molecule has 0 aliphatic carbocycles. The number of anilines is 2. The van der Waals surface area contributed by atoms with E-state index in [0.717, 1.165) is 4.90 Å². The molecule has 3 aromatic carbocycles. The molecule has 0 saturated heterocycles. The highest BCUT2D eigenvalue weighted by Gasteiger charge is 2.41. The molecule has 0 unspecified atom stereocenters. The van der Waals surface area contributed by atoms with Crippen molar-refractivity contribution in [2.24, 2.45) is 0 Å². The van der Waals surface area contributed by atoms with Crippen LogP contribution in [0.3, 0.4) is 0 Å². The third-order valence-corrected chi connectivity index (χ3v) is 5.20. The van der Waals surface area contributed by atoms with Crippen LogP contribution in [0.1, 0.15) is 12.5 Å². The SMILES string of the molecule is CCOc1ccc(C2=C(Nc3cccc(OC)c3)C(=O)N(c3ccccc3OC)C2=O)cc1. The molecule has 0 atom stereocenters. The van der Waals surface area contributed by atoms with Crippen LogP contribution >= 0.6 is 0 Å². The number of benzene rings is 3. The van der Waals surface area contributed by atoms with Crippen molar-refractivity contribution in [2.75, 3.05) is 31.0 Å². The number of amides is 2. The molecule has 1 aliphatic rings. The van der Waals surface area contributed by atoms with E-state index in [1.54, 1.807) is 79.9 Å². The average Bonchev–Trinajstić information content (AvgIpc) is 3.09. The van der Waals surface area contributed by atoms with Gasteiger partial charge in [-0.3, -0.25) is 9.59 Å². The van der Waals surface area contributed by atoms with Crippen molar-refractivity contribution < 1.29 is 23.8 Å². The lowest BCUT2D eigenvalue weighted by molar-refractivity contribution is -0.120. The zero-order valence-corrected chi connectivity index (χ0v) is 18.6. The lowest BCUT2D eigenvalue weighted by Gasteiger charge is -2.18. The number of ether oxygens (including phenoxy) is 3. The minimum Gasteiger partial charge on any atom is -0.497 e. The molecule has 1 N–H and O–H groups in total. The number of hydrogen-bond acceptors (Lipinski definition) is 6. The van der Waals surface area contributed by atoms with Crippen LogP contribution in [0, 0.1) is 0 Å². The second kappa shape index (κ2) is 9.48. The van der Waals surface area contributed by atoms with Gasteiger partial charge in [0.25, 0.3) is 11.8 Å². The van der Waals surface area contributed by atoms with Gasteiger partial charge in [-0.1, -0.05) is 30.3 Å². The number of methoxy groups -OCH3 is 2. The number of hydrogen-bond donors (Lipinski definition) is 1. The highest BCUT2D eigenvalue weighted by molar-refractivity contribution is 6.46. The van der Waals surface area contributed by atoms with Gasteiger partial charge in [-0.15, -0.1) is 0 Å². The van der Waals surface area contributed by atoms with Crippen molar-refractivity contribution in [3.63, 3.8) is 0 Å². The second-order valence-electron chi connectivity index (χ2n) is 7.18. The summed E-state index contributed by atoms with van der Waals surface area (Å²) in [5.74, 6) is 0.812. The van der Waals surface area contributed by atoms with Gasteiger partial charge in [-0.25, -0.2) is 4.90 Å². The first kappa shape index (κ1) is 22.0. The van der Waals surface area contributed by atoms with Crippen molar-refractivity contribution >= 4 is 28.8 Å². The summed E-state index contributed by atoms with van der Waals surface area (Å²) >= 11 is 0. The molecule has 0 saturated carbocycles. The zero-order valence-electron chi connectivity index (χ0n) is 18.6. The molecule has 3 aromatic rings. The molecule has 1 heterocycles. The predicted octanol–water partition coefficient (Wildman–Crippen LogP) is 4.50. The van der Waals surface area contributed by atoms with E-state index in [4.69, 9.17) is 14.2 Å². The number of imide groups is 1. The number of rotatable bonds is 8. The highest BCUT2D eigenvalue weighted by Crippen LogP contribution is 2.38. The summed E-state index contributed by atoms with van der Waals surface area (Å²) in [7, 11) is 3.07. The Bertz CT molecular complexity index is 1220. The fraction of sp³-hybridized carbons (Fsp3) is 0.154. The van der Waals surface area contributed by atoms with Gasteiger partial charge in [0.1, 0.15) is 22.9 Å². The number of carbonyl (C=O) groups excluding carboxylic acids is 2. The number of nitrogens with zero attached hydrogens (tertiary/aromatic N) is 1. The van der Waals surface area contributed by atoms with Crippen LogP contribution in [0.4, 0.5) is 11.4 Å². The molecule has 0 aromatic heterocycles. The Labute approximate surface area is 192 Å². The summed E-state index contributed by atoms with van der Waals surface area (Å²) < 4.78 is 16.2. The molecule has 7 nitrogen and oxygen atoms in total. The maximum absolute atomic E-state index is 13.6. The Morgan fingerprint density at radius 2 is 1.58 bits per heavy atom. The van der Waals surface area contributed by atoms with E-state index in [1.165, 1.54) is 7.11 Å². The summed E-state index contributed by atoms with van der Waals surface area (Å²) in [5, 5.41) is 3.14. The second-order valence-corrected chi connectivity index (χ2v) is 7.18. The van der Waals surface area contributed by atoms with Gasteiger partial charge in [0.15, 0.2) is 0 Å². The van der Waals surface area contributed by atoms with Gasteiger partial charge in [0.2, 0.25) is 0 Å². The van der Waals surface area contributed by atoms with Crippen molar-refractivity contribution in [2.45, 2.75) is 6.92 Å². The van der Waals surface area contributed by atoms with E-state index >= 15 is 0 Å². The monoisotopic (exact) mass is 444 g/mol. The molecule has 1 aliphatic heterocycles. The van der Waals surface area contributed by atoms with E-state index in [9.17, 15) is 9.59 Å². The molecule has 0 spiro atoms. The van der Waals surface area contributed by atoms with Crippen molar-refractivity contribution in [1.82, 2.24) is 0 Å². The molecule has 168 valence electrons. The Morgan fingerprint density at radius 3 is 2.27 bits per heavy atom. The molecule has 0 bridgehead atoms. The van der Waals surface area contributed by atoms with E-state index < -0.39 is 11.8 Å². The Balaban J connectivity index is 1.81. The van der Waals surface area contributed by atoms with Crippen LogP contribution in [0.5, 0.6) is 17.2 Å². The molecular formula is C26H24N2O5. The average molecular weight is 444 g/mol. The van der Waals surface area contributed by atoms with Gasteiger partial charge in [-0.05, 0) is 48.9 Å². The van der Waals surface area contributed by atoms with Crippen LogP contribution in [0.2, 0.25) is 0 Å². The third kappa shape index (κ3) is 4.25. The van der Waals surface area contributed by atoms with Crippen molar-refractivity contribution in [3.8, 4) is 17.2 Å². The Hall–Kier alpha value is -4.26. The quantitative estimate of drug-likeness (QED) is 0.516. The largest absolute Gasteiger partial charge is 0.497 e. The van der Waals surface area contributed by atoms with Crippen LogP contribution in [0.15, 0.2) is 78.5 Å². The summed E-state index contributed by atoms with van der Waals surface area (Å²) in [5.41, 5.74) is 2.02. The molecule has 0 radical (unpaired) electrons. The van der Waals surface area contributed by atoms with Crippen LogP contribution in [-0.4, -0.2) is 32.6 Å². The Morgan fingerprint density at radius 1 is 0.818 bits per heavy atom. The summed E-state index contributed by atoms with van der Waals surface area (Å²) in [6, 6.07) is 21.2. The molecule has 0 fully saturated rings. The van der Waals surface area contributed by atoms with Crippen molar-refractivity contribution in [3.05, 3.63) is 84.1 Å². The van der Waals surface area contributed by atoms with Gasteiger partial charge in [-0.2, -0.15) is 0 Å². The lowest BCUT2D eigenvalue weighted by atomic mass is 10.0. The molecule has 2 amide bonds. The van der Waals surface area contributed by atoms with E-state index in [-0.39, 0.29) is 11.3 Å². The minimum atomic E-state index is -0.476. The topological polar surface area (TPSA) is 77.1 Å². The molecule has 4 rings (SSSR count). The predicted molar refractivity (Wildman–Crippen MR) is 127 cm³/mol. The molecule has 7 heteroatoms. The number of carbonyl (C=O) groups is 2. The van der Waals surface area contributed by atoms with Crippen LogP contribution in [-0.2, 0) is 9.59 Å². The standard InChI is InChI=1S/C26H24N2O5/c1-4-33-19-14-12-17(13-15-19)23-24(27-18-8-7-9-20(16-18)31-2)26(30)28(25(23)29)21-10-5-6-11-22(21)32-3/h5-16,27H,4H2,1-3H3. The van der Waals surface area contributed by atoms with Gasteiger partial charge < -0.3 is 19.5 Å². The fourth-order valence-corrected chi connectivity index (χ4v) is 3.68. The number of nitrogens with one attached hydrogen (secondary N) is 1. The van der Waals surface area contributed by atoms with Gasteiger partial charge in [0.05, 0.1) is 32.1 Å². The van der Waals surface area contributed by atoms with E-state index in [2.05, 4.69) is 5.32 Å². The lowest BCUT2D eigenvalue weighted by Crippen LogP contribution is -2.32. The van der Waals surface area contributed by atoms with Crippen LogP contribution in [0.25, 0.3) is 5.57 Å². The van der Waals surface area contributed by atoms with Crippen LogP contribution < -0.4 is 24.4 Å². The van der Waals surface area contributed by atoms with E-state index in [1.807, 2.05) is 6.92 Å². The van der Waals surface area contributed by atoms with Crippen molar-refractivity contribution in [1.29, 1.82) is 0 Å². The smallest absolute Gasteiger partial charge is 0.282 e. The Kier molecular flexibility index (Phi) is 6.31. The van der Waals surface area contributed by atoms with Gasteiger partial charge >= 0.3 is 0 Å². The summed E-state index contributed by atoms with van der Waals surface area (Å²) in [6.45, 7) is 2.43. The molecule has 33 heavy (non-hydrogen) atoms. The maximum Gasteiger partial charge on any atom is 0.282 e. The van der Waals surface area contributed by atoms with E-state index in [0.29, 0.717) is 40.8 Å². The molecular weight excluding hydrogens is 420 g/mol. The normalized spacial score (nSPS) is 13.4. The summed E-state index contributed by atoms with van der Waals surface area (Å²) in [6.07, 6.45) is 0. The summed E-state index contributed by atoms with van der Waals surface area (Å²) in [4.78, 5) is 28.3. The first-order valence-corrected chi connectivity index (χ1v) is 10.5. The van der Waals surface area contributed by atoms with Gasteiger partial charge in [0, 0.05) is 11.8 Å². The maximum atomic E-state index is 13.6. The first-order valence-electron chi connectivity index (χ1n) is 10.5. The minimum absolute atomic E-state index is 0.170. The third-order valence-electron chi connectivity index (χ3n) is 5.20. The zero-order chi connectivity index (χ0) is 23.4.